The summed E-state index contributed by atoms with van der Waals surface area (Å²) in [5.41, 5.74) is 0. The van der Waals surface area contributed by atoms with Crippen LogP contribution in [0.5, 0.6) is 0 Å². The van der Waals surface area contributed by atoms with Crippen LogP contribution in [-0.4, -0.2) is 0 Å². The van der Waals surface area contributed by atoms with E-state index in [4.69, 9.17) is 37.9 Å². The molecule has 0 aliphatic heterocycles. The van der Waals surface area contributed by atoms with E-state index in [1.807, 2.05) is 18.2 Å². The fourth-order valence-electron chi connectivity index (χ4n) is 3.20. The van der Waals surface area contributed by atoms with Crippen LogP contribution in [0.3, 0.4) is 0 Å². The number of hydrogen-bond acceptors (Lipinski definition) is 6. The number of hydrogen-bond donors (Lipinski definition) is 6. The maximum absolute atomic E-state index is 4.75. The van der Waals surface area contributed by atoms with E-state index in [1.165, 1.54) is 0 Å². The van der Waals surface area contributed by atoms with Crippen molar-refractivity contribution in [1.29, 1.82) is 0 Å². The van der Waals surface area contributed by atoms with Crippen molar-refractivity contribution >= 4 is 108 Å². The topological polar surface area (TPSA) is 0 Å². The summed E-state index contributed by atoms with van der Waals surface area (Å²) < 4.78 is 0. The molecule has 0 atom stereocenters. The SMILES string of the molecule is Sc1ccc2c3ccccc3c3c(S)c(S)c(S)c(S)c3c2c1S. The van der Waals surface area contributed by atoms with E-state index in [1.54, 1.807) is 0 Å². The van der Waals surface area contributed by atoms with Gasteiger partial charge in [-0.3, -0.25) is 0 Å². The predicted octanol–water partition coefficient (Wildman–Crippen LogP) is 6.88. The van der Waals surface area contributed by atoms with Crippen LogP contribution >= 0.6 is 75.8 Å². The normalized spacial score (nSPS) is 11.8. The van der Waals surface area contributed by atoms with Gasteiger partial charge in [0.25, 0.3) is 0 Å². The van der Waals surface area contributed by atoms with Crippen LogP contribution in [0.25, 0.3) is 32.3 Å². The molecule has 0 amide bonds. The Hall–Kier alpha value is -0.240. The lowest BCUT2D eigenvalue weighted by molar-refractivity contribution is 1.10. The standard InChI is InChI=1S/C18H12S6/c19-10-6-5-9-7-3-1-2-4-8(7)12-13(11(9)14(10)20)16(22)18(24)17(23)15(12)21/h1-6,19-24H. The van der Waals surface area contributed by atoms with Gasteiger partial charge in [-0.2, -0.15) is 0 Å². The molecule has 0 aliphatic carbocycles. The van der Waals surface area contributed by atoms with E-state index < -0.39 is 0 Å². The highest BCUT2D eigenvalue weighted by Gasteiger charge is 2.19. The monoisotopic (exact) mass is 420 g/mol. The summed E-state index contributed by atoms with van der Waals surface area (Å²) in [7, 11) is 0. The lowest BCUT2D eigenvalue weighted by Crippen LogP contribution is -1.91. The first kappa shape index (κ1) is 17.2. The average Bonchev–Trinajstić information content (AvgIpc) is 2.59. The quantitative estimate of drug-likeness (QED) is 0.130. The Kier molecular flexibility index (Phi) is 4.43. The molecule has 4 aromatic rings. The molecule has 0 heterocycles. The van der Waals surface area contributed by atoms with Gasteiger partial charge in [-0.15, -0.1) is 75.8 Å². The van der Waals surface area contributed by atoms with E-state index >= 15 is 0 Å². The molecule has 4 rings (SSSR count). The molecule has 0 fully saturated rings. The summed E-state index contributed by atoms with van der Waals surface area (Å²) >= 11 is 27.9. The van der Waals surface area contributed by atoms with E-state index in [-0.39, 0.29) is 0 Å². The Morgan fingerprint density at radius 2 is 0.917 bits per heavy atom. The molecule has 0 unspecified atom stereocenters. The first-order valence-electron chi connectivity index (χ1n) is 7.08. The number of fused-ring (bicyclic) bond motifs is 6. The van der Waals surface area contributed by atoms with Crippen LogP contribution in [0.2, 0.25) is 0 Å². The Morgan fingerprint density at radius 1 is 0.417 bits per heavy atom. The molecule has 0 N–H and O–H groups in total. The summed E-state index contributed by atoms with van der Waals surface area (Å²) in [5.74, 6) is 0. The lowest BCUT2D eigenvalue weighted by atomic mass is 9.94. The maximum Gasteiger partial charge on any atom is 0.0326 e. The number of benzene rings is 4. The van der Waals surface area contributed by atoms with E-state index in [0.717, 1.165) is 56.8 Å². The molecule has 0 aromatic heterocycles. The van der Waals surface area contributed by atoms with Crippen molar-refractivity contribution in [1.82, 2.24) is 0 Å². The average molecular weight is 421 g/mol. The van der Waals surface area contributed by atoms with Crippen molar-refractivity contribution in [2.45, 2.75) is 29.4 Å². The lowest BCUT2D eigenvalue weighted by Gasteiger charge is -2.18. The van der Waals surface area contributed by atoms with Gasteiger partial charge in [-0.1, -0.05) is 30.3 Å². The highest BCUT2D eigenvalue weighted by molar-refractivity contribution is 7.86. The third kappa shape index (κ3) is 2.31. The molecule has 0 spiro atoms. The zero-order valence-electron chi connectivity index (χ0n) is 12.1. The second-order valence-corrected chi connectivity index (χ2v) is 8.26. The van der Waals surface area contributed by atoms with E-state index in [0.29, 0.717) is 4.90 Å². The summed E-state index contributed by atoms with van der Waals surface area (Å²) in [6.07, 6.45) is 0. The van der Waals surface area contributed by atoms with Gasteiger partial charge >= 0.3 is 0 Å². The van der Waals surface area contributed by atoms with Crippen LogP contribution in [0.4, 0.5) is 0 Å². The minimum atomic E-state index is 0.716. The largest absolute Gasteiger partial charge is 0.142 e. The molecule has 0 aliphatic rings. The summed E-state index contributed by atoms with van der Waals surface area (Å²) in [6, 6.07) is 12.3. The fraction of sp³-hybridized carbons (Fsp3) is 0. The minimum Gasteiger partial charge on any atom is -0.142 e. The maximum atomic E-state index is 4.75. The molecule has 0 nitrogen and oxygen atoms in total. The van der Waals surface area contributed by atoms with E-state index in [2.05, 4.69) is 56.1 Å². The molecule has 0 radical (unpaired) electrons. The summed E-state index contributed by atoms with van der Waals surface area (Å²) in [6.45, 7) is 0. The van der Waals surface area contributed by atoms with Gasteiger partial charge in [0, 0.05) is 45.5 Å². The van der Waals surface area contributed by atoms with Crippen LogP contribution in [0.15, 0.2) is 65.8 Å². The van der Waals surface area contributed by atoms with Gasteiger partial charge in [0.1, 0.15) is 0 Å². The number of rotatable bonds is 0. The third-order valence-electron chi connectivity index (χ3n) is 4.29. The molecular formula is C18H12S6. The van der Waals surface area contributed by atoms with Crippen molar-refractivity contribution in [3.8, 4) is 0 Å². The van der Waals surface area contributed by atoms with Gasteiger partial charge in [-0.25, -0.2) is 0 Å². The van der Waals surface area contributed by atoms with Crippen molar-refractivity contribution in [2.75, 3.05) is 0 Å². The first-order chi connectivity index (χ1) is 11.4. The molecule has 120 valence electrons. The Labute approximate surface area is 172 Å². The van der Waals surface area contributed by atoms with Crippen LogP contribution in [-0.2, 0) is 0 Å². The molecule has 0 saturated heterocycles. The van der Waals surface area contributed by atoms with Crippen LogP contribution < -0.4 is 0 Å². The molecule has 24 heavy (non-hydrogen) atoms. The fourth-order valence-corrected chi connectivity index (χ4v) is 4.99. The van der Waals surface area contributed by atoms with Crippen LogP contribution in [0, 0.1) is 0 Å². The first-order valence-corrected chi connectivity index (χ1v) is 9.76. The van der Waals surface area contributed by atoms with Gasteiger partial charge in [-0.05, 0) is 22.2 Å². The Balaban J connectivity index is 2.53. The van der Waals surface area contributed by atoms with Gasteiger partial charge < -0.3 is 0 Å². The highest BCUT2D eigenvalue weighted by atomic mass is 32.1. The minimum absolute atomic E-state index is 0.716. The van der Waals surface area contributed by atoms with Crippen molar-refractivity contribution in [2.24, 2.45) is 0 Å². The highest BCUT2D eigenvalue weighted by Crippen LogP contribution is 2.48. The third-order valence-corrected chi connectivity index (χ3v) is 7.62. The second-order valence-electron chi connectivity index (χ2n) is 5.55. The second kappa shape index (κ2) is 6.18. The van der Waals surface area contributed by atoms with Crippen LogP contribution in [0.1, 0.15) is 0 Å². The molecule has 0 bridgehead atoms. The zero-order valence-corrected chi connectivity index (χ0v) is 17.5. The summed E-state index contributed by atoms with van der Waals surface area (Å²) in [4.78, 5) is 4.67. The van der Waals surface area contributed by atoms with Crippen molar-refractivity contribution in [3.05, 3.63) is 36.4 Å². The zero-order chi connectivity index (χ0) is 17.2. The van der Waals surface area contributed by atoms with Crippen molar-refractivity contribution in [3.63, 3.8) is 0 Å². The van der Waals surface area contributed by atoms with Gasteiger partial charge in [0.15, 0.2) is 0 Å². The van der Waals surface area contributed by atoms with Crippen molar-refractivity contribution < 1.29 is 0 Å². The summed E-state index contributed by atoms with van der Waals surface area (Å²) in [5, 5.41) is 6.39. The predicted molar refractivity (Wildman–Crippen MR) is 122 cm³/mol. The molecule has 6 heteroatoms. The Bertz CT molecular complexity index is 1140. The molecular weight excluding hydrogens is 409 g/mol. The van der Waals surface area contributed by atoms with E-state index in [9.17, 15) is 0 Å². The molecule has 4 aromatic carbocycles. The number of thiol groups is 6. The van der Waals surface area contributed by atoms with Gasteiger partial charge in [0.2, 0.25) is 0 Å². The van der Waals surface area contributed by atoms with Gasteiger partial charge in [0.05, 0.1) is 0 Å². The Morgan fingerprint density at radius 3 is 1.58 bits per heavy atom. The molecule has 0 saturated carbocycles. The smallest absolute Gasteiger partial charge is 0.0326 e.